The Morgan fingerprint density at radius 1 is 1.12 bits per heavy atom. The largest absolute Gasteiger partial charge is 0.482 e. The molecule has 1 saturated heterocycles. The highest BCUT2D eigenvalue weighted by Crippen LogP contribution is 2.29. The fourth-order valence-corrected chi connectivity index (χ4v) is 4.21. The van der Waals surface area contributed by atoms with Gasteiger partial charge in [-0.25, -0.2) is 4.39 Å². The van der Waals surface area contributed by atoms with Crippen LogP contribution in [0.4, 0.5) is 10.1 Å². The standard InChI is InChI=1S/C24H22FN3O5/c25-15-2-3-17-19(29)11-22(33-20(17)10-15)24(31)26-16-5-7-28(8-6-16)12-14-1-4-18-21(9-14)32-13-23(30)27-18/h1-4,9-11,16H,5-8,12-13H2,(H,26,31)(H,27,30). The molecule has 2 N–H and O–H groups in total. The SMILES string of the molecule is O=C1COc2cc(CN3CCC(NC(=O)c4cc(=O)c5ccc(F)cc5o4)CC3)ccc2N1. The summed E-state index contributed by atoms with van der Waals surface area (Å²) in [5.41, 5.74) is 1.43. The minimum absolute atomic E-state index is 0.0216. The Balaban J connectivity index is 1.18. The number of hydrogen-bond donors (Lipinski definition) is 2. The van der Waals surface area contributed by atoms with Crippen molar-refractivity contribution in [1.82, 2.24) is 10.2 Å². The van der Waals surface area contributed by atoms with Crippen molar-refractivity contribution >= 4 is 28.5 Å². The highest BCUT2D eigenvalue weighted by molar-refractivity contribution is 5.95. The molecule has 8 nitrogen and oxygen atoms in total. The summed E-state index contributed by atoms with van der Waals surface area (Å²) in [6, 6.07) is 10.5. The van der Waals surface area contributed by atoms with Crippen LogP contribution in [0.25, 0.3) is 11.0 Å². The van der Waals surface area contributed by atoms with Crippen molar-refractivity contribution in [1.29, 1.82) is 0 Å². The molecule has 3 heterocycles. The average Bonchev–Trinajstić information content (AvgIpc) is 2.80. The molecule has 2 aliphatic heterocycles. The maximum absolute atomic E-state index is 13.5. The Morgan fingerprint density at radius 3 is 2.76 bits per heavy atom. The van der Waals surface area contributed by atoms with E-state index in [0.29, 0.717) is 11.4 Å². The molecule has 1 fully saturated rings. The molecule has 1 aromatic heterocycles. The third-order valence-corrected chi connectivity index (χ3v) is 5.92. The molecule has 2 amide bonds. The second-order valence-corrected chi connectivity index (χ2v) is 8.31. The van der Waals surface area contributed by atoms with E-state index >= 15 is 0 Å². The van der Waals surface area contributed by atoms with Gasteiger partial charge in [0.05, 0.1) is 11.1 Å². The molecule has 0 spiro atoms. The van der Waals surface area contributed by atoms with Gasteiger partial charge in [0, 0.05) is 37.8 Å². The van der Waals surface area contributed by atoms with Gasteiger partial charge in [-0.05, 0) is 42.7 Å². The molecule has 0 saturated carbocycles. The normalized spacial score (nSPS) is 16.7. The van der Waals surface area contributed by atoms with Crippen molar-refractivity contribution in [2.24, 2.45) is 0 Å². The maximum Gasteiger partial charge on any atom is 0.287 e. The van der Waals surface area contributed by atoms with Gasteiger partial charge in [-0.2, -0.15) is 0 Å². The van der Waals surface area contributed by atoms with Gasteiger partial charge in [0.2, 0.25) is 0 Å². The number of rotatable bonds is 4. The van der Waals surface area contributed by atoms with Crippen molar-refractivity contribution in [3.8, 4) is 5.75 Å². The number of halogens is 1. The van der Waals surface area contributed by atoms with Crippen LogP contribution in [0.2, 0.25) is 0 Å². The number of piperidine rings is 1. The van der Waals surface area contributed by atoms with Crippen LogP contribution >= 0.6 is 0 Å². The van der Waals surface area contributed by atoms with Gasteiger partial charge in [-0.15, -0.1) is 0 Å². The fourth-order valence-electron chi connectivity index (χ4n) is 4.21. The van der Waals surface area contributed by atoms with Gasteiger partial charge < -0.3 is 19.8 Å². The highest BCUT2D eigenvalue weighted by Gasteiger charge is 2.23. The van der Waals surface area contributed by atoms with E-state index in [1.807, 2.05) is 18.2 Å². The topological polar surface area (TPSA) is 101 Å². The molecule has 9 heteroatoms. The van der Waals surface area contributed by atoms with Crippen molar-refractivity contribution < 1.29 is 23.1 Å². The van der Waals surface area contributed by atoms with Gasteiger partial charge in [-0.1, -0.05) is 6.07 Å². The minimum Gasteiger partial charge on any atom is -0.482 e. The predicted molar refractivity (Wildman–Crippen MR) is 119 cm³/mol. The third-order valence-electron chi connectivity index (χ3n) is 5.92. The summed E-state index contributed by atoms with van der Waals surface area (Å²) in [6.07, 6.45) is 1.49. The monoisotopic (exact) mass is 451 g/mol. The number of carbonyl (C=O) groups is 2. The molecular formula is C24H22FN3O5. The summed E-state index contributed by atoms with van der Waals surface area (Å²) in [5.74, 6) is -0.626. The number of ether oxygens (including phenoxy) is 1. The van der Waals surface area contributed by atoms with Crippen LogP contribution in [-0.4, -0.2) is 42.5 Å². The second-order valence-electron chi connectivity index (χ2n) is 8.31. The number of nitrogens with zero attached hydrogens (tertiary/aromatic N) is 1. The van der Waals surface area contributed by atoms with Gasteiger partial charge in [0.25, 0.3) is 11.8 Å². The zero-order valence-electron chi connectivity index (χ0n) is 17.7. The van der Waals surface area contributed by atoms with E-state index in [4.69, 9.17) is 9.15 Å². The molecule has 0 unspecified atom stereocenters. The van der Waals surface area contributed by atoms with Crippen LogP contribution < -0.4 is 20.8 Å². The highest BCUT2D eigenvalue weighted by atomic mass is 19.1. The molecule has 3 aromatic rings. The van der Waals surface area contributed by atoms with E-state index in [9.17, 15) is 18.8 Å². The molecule has 2 aliphatic rings. The first-order valence-corrected chi connectivity index (χ1v) is 10.8. The van der Waals surface area contributed by atoms with Crippen molar-refractivity contribution in [3.63, 3.8) is 0 Å². The fraction of sp³-hybridized carbons (Fsp3) is 0.292. The smallest absolute Gasteiger partial charge is 0.287 e. The molecule has 5 rings (SSSR count). The number of fused-ring (bicyclic) bond motifs is 2. The number of benzene rings is 2. The minimum atomic E-state index is -0.536. The molecule has 33 heavy (non-hydrogen) atoms. The van der Waals surface area contributed by atoms with E-state index in [1.165, 1.54) is 12.1 Å². The van der Waals surface area contributed by atoms with E-state index in [0.717, 1.165) is 50.2 Å². The van der Waals surface area contributed by atoms with Crippen LogP contribution in [0.5, 0.6) is 5.75 Å². The van der Waals surface area contributed by atoms with Crippen molar-refractivity contribution in [2.45, 2.75) is 25.4 Å². The quantitative estimate of drug-likeness (QED) is 0.633. The molecule has 170 valence electrons. The van der Waals surface area contributed by atoms with E-state index in [-0.39, 0.29) is 40.7 Å². The zero-order chi connectivity index (χ0) is 22.9. The Labute approximate surface area is 188 Å². The van der Waals surface area contributed by atoms with Crippen molar-refractivity contribution in [2.75, 3.05) is 25.0 Å². The second kappa shape index (κ2) is 8.67. The lowest BCUT2D eigenvalue weighted by molar-refractivity contribution is -0.118. The van der Waals surface area contributed by atoms with Gasteiger partial charge in [0.15, 0.2) is 17.8 Å². The summed E-state index contributed by atoms with van der Waals surface area (Å²) < 4.78 is 24.4. The Morgan fingerprint density at radius 2 is 1.94 bits per heavy atom. The molecule has 2 aromatic carbocycles. The Hall–Kier alpha value is -3.72. The maximum atomic E-state index is 13.5. The van der Waals surface area contributed by atoms with Crippen LogP contribution in [0.1, 0.15) is 29.0 Å². The first-order chi connectivity index (χ1) is 15.9. The summed E-state index contributed by atoms with van der Waals surface area (Å²) in [7, 11) is 0. The number of likely N-dealkylation sites (tertiary alicyclic amines) is 1. The average molecular weight is 451 g/mol. The third kappa shape index (κ3) is 4.58. The van der Waals surface area contributed by atoms with Gasteiger partial charge >= 0.3 is 0 Å². The van der Waals surface area contributed by atoms with Crippen LogP contribution in [0, 0.1) is 5.82 Å². The molecular weight excluding hydrogens is 429 g/mol. The van der Waals surface area contributed by atoms with E-state index in [1.54, 1.807) is 0 Å². The lowest BCUT2D eigenvalue weighted by Gasteiger charge is -2.32. The molecule has 0 radical (unpaired) electrons. The number of amides is 2. The summed E-state index contributed by atoms with van der Waals surface area (Å²) in [6.45, 7) is 2.32. The zero-order valence-corrected chi connectivity index (χ0v) is 17.7. The van der Waals surface area contributed by atoms with E-state index in [2.05, 4.69) is 15.5 Å². The lowest BCUT2D eigenvalue weighted by Crippen LogP contribution is -2.44. The first kappa shape index (κ1) is 21.1. The first-order valence-electron chi connectivity index (χ1n) is 10.8. The lowest BCUT2D eigenvalue weighted by atomic mass is 10.0. The Bertz CT molecular complexity index is 1300. The van der Waals surface area contributed by atoms with Gasteiger partial charge in [0.1, 0.15) is 17.1 Å². The van der Waals surface area contributed by atoms with E-state index < -0.39 is 11.7 Å². The summed E-state index contributed by atoms with van der Waals surface area (Å²) in [5, 5.41) is 5.93. The number of nitrogens with one attached hydrogen (secondary N) is 2. The molecule has 0 aliphatic carbocycles. The number of hydrogen-bond acceptors (Lipinski definition) is 6. The predicted octanol–water partition coefficient (Wildman–Crippen LogP) is 2.66. The number of carbonyl (C=O) groups excluding carboxylic acids is 2. The van der Waals surface area contributed by atoms with Crippen LogP contribution in [0.15, 0.2) is 51.7 Å². The van der Waals surface area contributed by atoms with Gasteiger partial charge in [-0.3, -0.25) is 19.3 Å². The summed E-state index contributed by atoms with van der Waals surface area (Å²) >= 11 is 0. The molecule has 0 bridgehead atoms. The van der Waals surface area contributed by atoms with Crippen molar-refractivity contribution in [3.05, 3.63) is 69.8 Å². The van der Waals surface area contributed by atoms with Crippen LogP contribution in [0.3, 0.4) is 0 Å². The Kier molecular flexibility index (Phi) is 5.55. The summed E-state index contributed by atoms with van der Waals surface area (Å²) in [4.78, 5) is 38.5. The number of anilines is 1. The molecule has 0 atom stereocenters. The van der Waals surface area contributed by atoms with Crippen LogP contribution in [-0.2, 0) is 11.3 Å².